The molecule has 3 aromatic rings. The Kier molecular flexibility index (Phi) is 5.04. The Bertz CT molecular complexity index is 1150. The second kappa shape index (κ2) is 7.96. The summed E-state index contributed by atoms with van der Waals surface area (Å²) in [4.78, 5) is 17.9. The second-order valence-corrected chi connectivity index (χ2v) is 11.0. The van der Waals surface area contributed by atoms with Crippen LogP contribution >= 0.6 is 0 Å². The number of aryl methyl sites for hydroxylation is 1. The third kappa shape index (κ3) is 3.56. The van der Waals surface area contributed by atoms with Crippen LogP contribution in [0.2, 0.25) is 0 Å². The molecule has 7 rings (SSSR count). The molecule has 0 radical (unpaired) electrons. The molecular formula is C28H34N4O. The van der Waals surface area contributed by atoms with Crippen molar-refractivity contribution in [1.82, 2.24) is 20.1 Å². The third-order valence-electron chi connectivity index (χ3n) is 8.75. The van der Waals surface area contributed by atoms with Gasteiger partial charge in [-0.3, -0.25) is 4.79 Å². The lowest BCUT2D eigenvalue weighted by Gasteiger charge is -2.59. The molecule has 4 aliphatic rings. The molecule has 1 amide bonds. The van der Waals surface area contributed by atoms with Gasteiger partial charge < -0.3 is 5.32 Å². The van der Waals surface area contributed by atoms with E-state index in [9.17, 15) is 4.79 Å². The van der Waals surface area contributed by atoms with Crippen molar-refractivity contribution >= 4 is 16.9 Å². The van der Waals surface area contributed by atoms with Gasteiger partial charge in [0.05, 0.1) is 5.69 Å². The fourth-order valence-corrected chi connectivity index (χ4v) is 7.92. The fourth-order valence-electron chi connectivity index (χ4n) is 7.92. The topological polar surface area (TPSA) is 59.8 Å². The van der Waals surface area contributed by atoms with Gasteiger partial charge in [0, 0.05) is 17.6 Å². The molecule has 1 N–H and O–H groups in total. The van der Waals surface area contributed by atoms with Crippen molar-refractivity contribution in [1.29, 1.82) is 0 Å². The Morgan fingerprint density at radius 2 is 1.76 bits per heavy atom. The van der Waals surface area contributed by atoms with E-state index in [1.54, 1.807) is 4.68 Å². The Balaban J connectivity index is 1.24. The third-order valence-corrected chi connectivity index (χ3v) is 8.75. The minimum Gasteiger partial charge on any atom is -0.351 e. The molecule has 0 saturated heterocycles. The number of nitrogens with one attached hydrogen (secondary N) is 1. The number of benzene rings is 1. The van der Waals surface area contributed by atoms with E-state index in [-0.39, 0.29) is 18.5 Å². The molecule has 0 spiro atoms. The van der Waals surface area contributed by atoms with E-state index in [0.29, 0.717) is 5.41 Å². The number of carbonyl (C=O) groups is 1. The van der Waals surface area contributed by atoms with E-state index < -0.39 is 0 Å². The van der Waals surface area contributed by atoms with E-state index in [4.69, 9.17) is 5.10 Å². The summed E-state index contributed by atoms with van der Waals surface area (Å²) in [6.45, 7) is 4.47. The first-order chi connectivity index (χ1) is 16.0. The molecular weight excluding hydrogens is 408 g/mol. The van der Waals surface area contributed by atoms with E-state index in [1.165, 1.54) is 38.5 Å². The molecule has 4 aliphatic carbocycles. The van der Waals surface area contributed by atoms with Gasteiger partial charge in [-0.15, -0.1) is 0 Å². The van der Waals surface area contributed by atoms with Gasteiger partial charge in [-0.05, 0) is 92.2 Å². The number of hydrogen-bond donors (Lipinski definition) is 1. The number of carbonyl (C=O) groups excluding carboxylic acids is 1. The van der Waals surface area contributed by atoms with Gasteiger partial charge in [0.25, 0.3) is 0 Å². The molecule has 1 unspecified atom stereocenters. The number of hydrogen-bond acceptors (Lipinski definition) is 3. The van der Waals surface area contributed by atoms with Gasteiger partial charge in [-0.25, -0.2) is 9.67 Å². The predicted molar refractivity (Wildman–Crippen MR) is 131 cm³/mol. The zero-order chi connectivity index (χ0) is 22.6. The lowest BCUT2D eigenvalue weighted by atomic mass is 9.47. The van der Waals surface area contributed by atoms with Crippen LogP contribution in [0.1, 0.15) is 57.6 Å². The maximum Gasteiger partial charge on any atom is 0.242 e. The normalized spacial score (nSPS) is 28.8. The molecule has 2 heterocycles. The number of fused-ring (bicyclic) bond motifs is 1. The molecule has 5 heteroatoms. The van der Waals surface area contributed by atoms with Crippen molar-refractivity contribution in [3.05, 3.63) is 48.3 Å². The molecule has 4 bridgehead atoms. The van der Waals surface area contributed by atoms with Crippen molar-refractivity contribution in [2.45, 2.75) is 71.4 Å². The van der Waals surface area contributed by atoms with Crippen molar-refractivity contribution in [2.24, 2.45) is 23.2 Å². The monoisotopic (exact) mass is 442 g/mol. The molecule has 172 valence electrons. The average Bonchev–Trinajstić information content (AvgIpc) is 3.12. The summed E-state index contributed by atoms with van der Waals surface area (Å²) < 4.78 is 1.79. The Morgan fingerprint density at radius 1 is 1.09 bits per heavy atom. The SMILES string of the molecule is CCC(NC(=O)Cn1nc(C)c2c(-c3ccccc3)ccnc21)C12CC3CC(CC(C3)C1)C2. The van der Waals surface area contributed by atoms with E-state index >= 15 is 0 Å². The quantitative estimate of drug-likeness (QED) is 0.547. The van der Waals surface area contributed by atoms with Crippen LogP contribution < -0.4 is 5.32 Å². The highest BCUT2D eigenvalue weighted by Gasteiger charge is 2.54. The van der Waals surface area contributed by atoms with Crippen LogP contribution in [0.5, 0.6) is 0 Å². The summed E-state index contributed by atoms with van der Waals surface area (Å²) in [5.41, 5.74) is 4.28. The standard InChI is InChI=1S/C28H34N4O/c1-3-24(28-14-19-11-20(15-28)13-21(12-19)16-28)30-25(33)17-32-27-26(18(2)31-32)23(9-10-29-27)22-7-5-4-6-8-22/h4-10,19-21,24H,3,11-17H2,1-2H3,(H,30,33). The molecule has 1 aromatic carbocycles. The van der Waals surface area contributed by atoms with Gasteiger partial charge in [-0.1, -0.05) is 37.3 Å². The van der Waals surface area contributed by atoms with Crippen LogP contribution in [0.3, 0.4) is 0 Å². The Labute approximate surface area is 196 Å². The lowest BCUT2D eigenvalue weighted by molar-refractivity contribution is -0.127. The number of rotatable bonds is 6. The van der Waals surface area contributed by atoms with Gasteiger partial charge in [0.15, 0.2) is 5.65 Å². The zero-order valence-corrected chi connectivity index (χ0v) is 19.8. The molecule has 33 heavy (non-hydrogen) atoms. The summed E-state index contributed by atoms with van der Waals surface area (Å²) in [7, 11) is 0. The lowest BCUT2D eigenvalue weighted by Crippen LogP contribution is -2.57. The fraction of sp³-hybridized carbons (Fsp3) is 0.536. The first-order valence-corrected chi connectivity index (χ1v) is 12.7. The molecule has 5 nitrogen and oxygen atoms in total. The molecule has 4 fully saturated rings. The molecule has 4 saturated carbocycles. The summed E-state index contributed by atoms with van der Waals surface area (Å²) in [6.07, 6.45) is 11.0. The van der Waals surface area contributed by atoms with E-state index in [0.717, 1.165) is 52.0 Å². The summed E-state index contributed by atoms with van der Waals surface area (Å²) >= 11 is 0. The van der Waals surface area contributed by atoms with Crippen LogP contribution in [0.25, 0.3) is 22.2 Å². The van der Waals surface area contributed by atoms with Crippen molar-refractivity contribution in [3.63, 3.8) is 0 Å². The number of aromatic nitrogens is 3. The maximum atomic E-state index is 13.3. The number of pyridine rings is 1. The summed E-state index contributed by atoms with van der Waals surface area (Å²) in [5.74, 6) is 2.73. The summed E-state index contributed by atoms with van der Waals surface area (Å²) in [6, 6.07) is 12.6. The van der Waals surface area contributed by atoms with Crippen molar-refractivity contribution in [2.75, 3.05) is 0 Å². The smallest absolute Gasteiger partial charge is 0.242 e. The van der Waals surface area contributed by atoms with Crippen LogP contribution in [-0.4, -0.2) is 26.7 Å². The molecule has 1 atom stereocenters. The van der Waals surface area contributed by atoms with Crippen LogP contribution in [0.15, 0.2) is 42.6 Å². The van der Waals surface area contributed by atoms with Gasteiger partial charge in [-0.2, -0.15) is 5.10 Å². The Morgan fingerprint density at radius 3 is 2.39 bits per heavy atom. The maximum absolute atomic E-state index is 13.3. The first kappa shape index (κ1) is 20.9. The first-order valence-electron chi connectivity index (χ1n) is 12.7. The largest absolute Gasteiger partial charge is 0.351 e. The van der Waals surface area contributed by atoms with Crippen LogP contribution in [-0.2, 0) is 11.3 Å². The van der Waals surface area contributed by atoms with Gasteiger partial charge >= 0.3 is 0 Å². The average molecular weight is 443 g/mol. The molecule has 0 aliphatic heterocycles. The van der Waals surface area contributed by atoms with Crippen molar-refractivity contribution in [3.8, 4) is 11.1 Å². The highest BCUT2D eigenvalue weighted by atomic mass is 16.2. The number of nitrogens with zero attached hydrogens (tertiary/aromatic N) is 3. The number of amides is 1. The van der Waals surface area contributed by atoms with E-state index in [1.807, 2.05) is 37.4 Å². The minimum absolute atomic E-state index is 0.0638. The van der Waals surface area contributed by atoms with Gasteiger partial charge in [0.2, 0.25) is 5.91 Å². The zero-order valence-electron chi connectivity index (χ0n) is 19.8. The van der Waals surface area contributed by atoms with E-state index in [2.05, 4.69) is 29.4 Å². The highest BCUT2D eigenvalue weighted by Crippen LogP contribution is 2.61. The predicted octanol–water partition coefficient (Wildman–Crippen LogP) is 5.52. The molecule has 2 aromatic heterocycles. The van der Waals surface area contributed by atoms with Crippen LogP contribution in [0.4, 0.5) is 0 Å². The minimum atomic E-state index is 0.0638. The van der Waals surface area contributed by atoms with Gasteiger partial charge in [0.1, 0.15) is 6.54 Å². The van der Waals surface area contributed by atoms with Crippen LogP contribution in [0, 0.1) is 30.1 Å². The highest BCUT2D eigenvalue weighted by molar-refractivity contribution is 5.95. The van der Waals surface area contributed by atoms with Crippen molar-refractivity contribution < 1.29 is 4.79 Å². The summed E-state index contributed by atoms with van der Waals surface area (Å²) in [5, 5.41) is 9.23. The second-order valence-electron chi connectivity index (χ2n) is 11.0. The Hall–Kier alpha value is -2.69.